The number of halogens is 2. The number of nitrogens with one attached hydrogen (secondary N) is 1. The Morgan fingerprint density at radius 1 is 1.40 bits per heavy atom. The highest BCUT2D eigenvalue weighted by molar-refractivity contribution is 7.89. The Morgan fingerprint density at radius 3 is 2.45 bits per heavy atom. The van der Waals surface area contributed by atoms with Crippen molar-refractivity contribution >= 4 is 50.5 Å². The van der Waals surface area contributed by atoms with Gasteiger partial charge in [0.1, 0.15) is 9.23 Å². The van der Waals surface area contributed by atoms with Crippen molar-refractivity contribution in [3.8, 4) is 0 Å². The first-order valence-electron chi connectivity index (χ1n) is 5.95. The molecule has 9 heteroatoms. The first-order chi connectivity index (χ1) is 9.27. The highest BCUT2D eigenvalue weighted by Gasteiger charge is 2.42. The third kappa shape index (κ3) is 3.12. The van der Waals surface area contributed by atoms with Crippen molar-refractivity contribution in [2.75, 3.05) is 6.54 Å². The Bertz CT molecular complexity index is 620. The van der Waals surface area contributed by atoms with Gasteiger partial charge in [0.25, 0.3) is 0 Å². The molecule has 0 atom stereocenters. The van der Waals surface area contributed by atoms with Gasteiger partial charge in [0.2, 0.25) is 10.0 Å². The van der Waals surface area contributed by atoms with Gasteiger partial charge in [-0.1, -0.05) is 36.0 Å². The SMILES string of the molecule is O=C(O)C1(CNS(=O)(=O)c2cc(Cl)sc2Cl)CCCC1. The monoisotopic (exact) mass is 357 g/mol. The summed E-state index contributed by atoms with van der Waals surface area (Å²) in [5, 5.41) is 9.31. The number of carboxylic acid groups (broad SMARTS) is 1. The molecule has 1 aliphatic rings. The van der Waals surface area contributed by atoms with Crippen molar-refractivity contribution in [2.45, 2.75) is 30.6 Å². The number of hydrogen-bond acceptors (Lipinski definition) is 4. The van der Waals surface area contributed by atoms with Crippen LogP contribution in [0.15, 0.2) is 11.0 Å². The maximum atomic E-state index is 12.1. The minimum atomic E-state index is -3.85. The smallest absolute Gasteiger partial charge is 0.310 e. The lowest BCUT2D eigenvalue weighted by atomic mass is 9.87. The molecule has 0 amide bonds. The lowest BCUT2D eigenvalue weighted by Gasteiger charge is -2.23. The third-order valence-corrected chi connectivity index (χ3v) is 6.68. The number of sulfonamides is 1. The Balaban J connectivity index is 2.17. The second-order valence-electron chi connectivity index (χ2n) is 4.81. The molecule has 2 rings (SSSR count). The normalized spacial score (nSPS) is 18.3. The third-order valence-electron chi connectivity index (χ3n) is 3.53. The molecule has 0 spiro atoms. The Morgan fingerprint density at radius 2 is 2.00 bits per heavy atom. The van der Waals surface area contributed by atoms with Gasteiger partial charge in [-0.05, 0) is 18.9 Å². The van der Waals surface area contributed by atoms with Crippen LogP contribution in [0.1, 0.15) is 25.7 Å². The van der Waals surface area contributed by atoms with Crippen LogP contribution in [0, 0.1) is 5.41 Å². The summed E-state index contributed by atoms with van der Waals surface area (Å²) in [5.41, 5.74) is -1.01. The lowest BCUT2D eigenvalue weighted by molar-refractivity contribution is -0.148. The van der Waals surface area contributed by atoms with Gasteiger partial charge in [-0.2, -0.15) is 0 Å². The van der Waals surface area contributed by atoms with Crippen LogP contribution in [0.3, 0.4) is 0 Å². The van der Waals surface area contributed by atoms with E-state index in [2.05, 4.69) is 4.72 Å². The van der Waals surface area contributed by atoms with Gasteiger partial charge in [0, 0.05) is 6.54 Å². The van der Waals surface area contributed by atoms with Gasteiger partial charge < -0.3 is 5.11 Å². The fraction of sp³-hybridized carbons (Fsp3) is 0.545. The molecule has 0 aromatic carbocycles. The van der Waals surface area contributed by atoms with Gasteiger partial charge in [-0.25, -0.2) is 13.1 Å². The predicted octanol–water partition coefficient (Wildman–Crippen LogP) is 2.98. The molecule has 1 aliphatic carbocycles. The highest BCUT2D eigenvalue weighted by atomic mass is 35.5. The van der Waals surface area contributed by atoms with Gasteiger partial charge in [0.15, 0.2) is 0 Å². The standard InChI is InChI=1S/C11H13Cl2NO4S2/c12-8-5-7(9(13)19-8)20(17,18)14-6-11(10(15)16)3-1-2-4-11/h5,14H,1-4,6H2,(H,15,16). The van der Waals surface area contributed by atoms with Crippen LogP contribution in [0.4, 0.5) is 0 Å². The molecule has 0 radical (unpaired) electrons. The summed E-state index contributed by atoms with van der Waals surface area (Å²) in [6, 6.07) is 1.26. The maximum absolute atomic E-state index is 12.1. The highest BCUT2D eigenvalue weighted by Crippen LogP contribution is 2.39. The summed E-state index contributed by atoms with van der Waals surface area (Å²) in [6.07, 6.45) is 2.53. The number of thiophene rings is 1. The number of hydrogen-bond donors (Lipinski definition) is 2. The molecule has 0 bridgehead atoms. The average Bonchev–Trinajstić information content (AvgIpc) is 2.94. The molecule has 0 unspecified atom stereocenters. The van der Waals surface area contributed by atoms with Crippen LogP contribution in [-0.2, 0) is 14.8 Å². The first kappa shape index (κ1) is 16.0. The molecule has 1 aromatic heterocycles. The molecule has 1 heterocycles. The number of carbonyl (C=O) groups is 1. The van der Waals surface area contributed by atoms with Crippen molar-refractivity contribution < 1.29 is 18.3 Å². The summed E-state index contributed by atoms with van der Waals surface area (Å²) >= 11 is 12.5. The average molecular weight is 358 g/mol. The van der Waals surface area contributed by atoms with E-state index >= 15 is 0 Å². The summed E-state index contributed by atoms with van der Waals surface area (Å²) < 4.78 is 27.0. The van der Waals surface area contributed by atoms with Crippen LogP contribution in [0.25, 0.3) is 0 Å². The van der Waals surface area contributed by atoms with E-state index < -0.39 is 21.4 Å². The number of aliphatic carboxylic acids is 1. The van der Waals surface area contributed by atoms with Crippen molar-refractivity contribution in [1.29, 1.82) is 0 Å². The Labute approximate surface area is 130 Å². The lowest BCUT2D eigenvalue weighted by Crippen LogP contribution is -2.41. The predicted molar refractivity (Wildman–Crippen MR) is 78.1 cm³/mol. The molecule has 1 fully saturated rings. The summed E-state index contributed by atoms with van der Waals surface area (Å²) in [4.78, 5) is 11.3. The van der Waals surface area contributed by atoms with E-state index in [0.29, 0.717) is 12.8 Å². The quantitative estimate of drug-likeness (QED) is 0.848. The topological polar surface area (TPSA) is 83.5 Å². The van der Waals surface area contributed by atoms with Crippen LogP contribution in [0.5, 0.6) is 0 Å². The van der Waals surface area contributed by atoms with Gasteiger partial charge >= 0.3 is 5.97 Å². The summed E-state index contributed by atoms with van der Waals surface area (Å²) in [6.45, 7) is -0.130. The number of rotatable bonds is 5. The number of carboxylic acids is 1. The van der Waals surface area contributed by atoms with E-state index in [-0.39, 0.29) is 20.1 Å². The summed E-state index contributed by atoms with van der Waals surface area (Å²) in [5.74, 6) is -0.966. The second-order valence-corrected chi connectivity index (χ2v) is 8.83. The zero-order chi connectivity index (χ0) is 15.0. The molecule has 1 aromatic rings. The van der Waals surface area contributed by atoms with Crippen LogP contribution >= 0.6 is 34.5 Å². The van der Waals surface area contributed by atoms with Crippen LogP contribution < -0.4 is 4.72 Å². The second kappa shape index (κ2) is 5.81. The molecule has 20 heavy (non-hydrogen) atoms. The van der Waals surface area contributed by atoms with E-state index in [4.69, 9.17) is 23.2 Å². The Hall–Kier alpha value is -0.340. The van der Waals surface area contributed by atoms with Crippen molar-refractivity contribution in [1.82, 2.24) is 4.72 Å². The zero-order valence-corrected chi connectivity index (χ0v) is 13.5. The van der Waals surface area contributed by atoms with Crippen molar-refractivity contribution in [3.05, 3.63) is 14.7 Å². The largest absolute Gasteiger partial charge is 0.481 e. The maximum Gasteiger partial charge on any atom is 0.310 e. The van der Waals surface area contributed by atoms with E-state index in [0.717, 1.165) is 24.2 Å². The van der Waals surface area contributed by atoms with E-state index in [1.54, 1.807) is 0 Å². The molecule has 1 saturated carbocycles. The molecule has 112 valence electrons. The van der Waals surface area contributed by atoms with Crippen molar-refractivity contribution in [3.63, 3.8) is 0 Å². The fourth-order valence-corrected chi connectivity index (χ4v) is 5.61. The molecule has 2 N–H and O–H groups in total. The molecule has 5 nitrogen and oxygen atoms in total. The van der Waals surface area contributed by atoms with Crippen molar-refractivity contribution in [2.24, 2.45) is 5.41 Å². The summed E-state index contributed by atoms with van der Waals surface area (Å²) in [7, 11) is -3.85. The minimum Gasteiger partial charge on any atom is -0.481 e. The van der Waals surface area contributed by atoms with Crippen LogP contribution in [-0.4, -0.2) is 26.0 Å². The Kier molecular flexibility index (Phi) is 4.66. The van der Waals surface area contributed by atoms with Gasteiger partial charge in [-0.3, -0.25) is 4.79 Å². The van der Waals surface area contributed by atoms with E-state index in [1.165, 1.54) is 6.07 Å². The van der Waals surface area contributed by atoms with E-state index in [9.17, 15) is 18.3 Å². The molecular weight excluding hydrogens is 345 g/mol. The van der Waals surface area contributed by atoms with Gasteiger partial charge in [0.05, 0.1) is 9.75 Å². The van der Waals surface area contributed by atoms with Gasteiger partial charge in [-0.15, -0.1) is 11.3 Å². The molecular formula is C11H13Cl2NO4S2. The molecule has 0 aliphatic heterocycles. The minimum absolute atomic E-state index is 0.0679. The molecule has 0 saturated heterocycles. The zero-order valence-electron chi connectivity index (χ0n) is 10.4. The van der Waals surface area contributed by atoms with Crippen LogP contribution in [0.2, 0.25) is 8.67 Å². The fourth-order valence-electron chi connectivity index (χ4n) is 2.34. The first-order valence-corrected chi connectivity index (χ1v) is 9.00. The van der Waals surface area contributed by atoms with E-state index in [1.807, 2.05) is 0 Å².